The Morgan fingerprint density at radius 3 is 2.74 bits per heavy atom. The first kappa shape index (κ1) is 16.1. The molecule has 1 saturated heterocycles. The summed E-state index contributed by atoms with van der Waals surface area (Å²) < 4.78 is 5.34. The molecule has 2 atom stereocenters. The van der Waals surface area contributed by atoms with Gasteiger partial charge in [0.05, 0.1) is 7.11 Å². The number of hydrogen-bond acceptors (Lipinski definition) is 2. The summed E-state index contributed by atoms with van der Waals surface area (Å²) in [4.78, 5) is 14.8. The van der Waals surface area contributed by atoms with Gasteiger partial charge in [-0.05, 0) is 42.2 Å². The highest BCUT2D eigenvalue weighted by atomic mass is 16.5. The number of benzene rings is 1. The summed E-state index contributed by atoms with van der Waals surface area (Å²) in [5.74, 6) is 0.923. The average molecular weight is 313 g/mol. The Bertz CT molecular complexity index is 634. The van der Waals surface area contributed by atoms with Gasteiger partial charge in [-0.25, -0.2) is 0 Å². The van der Waals surface area contributed by atoms with E-state index in [1.54, 1.807) is 13.2 Å². The van der Waals surface area contributed by atoms with Crippen molar-refractivity contribution in [3.05, 3.63) is 35.9 Å². The van der Waals surface area contributed by atoms with Gasteiger partial charge in [-0.15, -0.1) is 0 Å². The normalized spacial score (nSPS) is 29.0. The first-order valence-electron chi connectivity index (χ1n) is 8.44. The summed E-state index contributed by atoms with van der Waals surface area (Å²) in [6, 6.07) is 8.16. The van der Waals surface area contributed by atoms with Gasteiger partial charge in [0, 0.05) is 24.2 Å². The van der Waals surface area contributed by atoms with Gasteiger partial charge in [-0.1, -0.05) is 39.0 Å². The molecular formula is C20H27NO2. The van der Waals surface area contributed by atoms with Crippen LogP contribution in [0.25, 0.3) is 6.08 Å². The molecule has 2 fully saturated rings. The zero-order valence-electron chi connectivity index (χ0n) is 14.6. The Kier molecular flexibility index (Phi) is 3.99. The smallest absolute Gasteiger partial charge is 0.246 e. The molecule has 2 aliphatic rings. The van der Waals surface area contributed by atoms with Gasteiger partial charge in [0.1, 0.15) is 5.75 Å². The third-order valence-electron chi connectivity index (χ3n) is 5.24. The molecule has 3 rings (SSSR count). The van der Waals surface area contributed by atoms with Crippen LogP contribution >= 0.6 is 0 Å². The van der Waals surface area contributed by atoms with Crippen molar-refractivity contribution in [1.82, 2.24) is 4.90 Å². The van der Waals surface area contributed by atoms with E-state index >= 15 is 0 Å². The molecule has 1 aromatic carbocycles. The van der Waals surface area contributed by atoms with E-state index in [9.17, 15) is 4.79 Å². The molecule has 1 aliphatic heterocycles. The third kappa shape index (κ3) is 3.29. The molecule has 0 unspecified atom stereocenters. The van der Waals surface area contributed by atoms with Crippen molar-refractivity contribution in [1.29, 1.82) is 0 Å². The molecule has 124 valence electrons. The minimum absolute atomic E-state index is 0.127. The summed E-state index contributed by atoms with van der Waals surface area (Å²) in [5, 5.41) is 0. The van der Waals surface area contributed by atoms with Crippen LogP contribution in [-0.4, -0.2) is 30.5 Å². The Hall–Kier alpha value is -1.77. The van der Waals surface area contributed by atoms with Crippen molar-refractivity contribution in [2.75, 3.05) is 13.7 Å². The van der Waals surface area contributed by atoms with Crippen molar-refractivity contribution >= 4 is 12.0 Å². The molecule has 0 spiro atoms. The first-order valence-corrected chi connectivity index (χ1v) is 8.44. The molecule has 0 aromatic heterocycles. The van der Waals surface area contributed by atoms with E-state index in [0.717, 1.165) is 30.7 Å². The van der Waals surface area contributed by atoms with E-state index in [4.69, 9.17) is 4.74 Å². The number of likely N-dealkylation sites (tertiary alicyclic amines) is 1. The summed E-state index contributed by atoms with van der Waals surface area (Å²) in [6.07, 6.45) is 7.03. The fourth-order valence-electron chi connectivity index (χ4n) is 4.78. The SMILES string of the molecule is COc1ccccc1/C=C/C(=O)N1C[C@@]2(C)C[C@@H]1CC(C)(C)C2. The van der Waals surface area contributed by atoms with Crippen LogP contribution in [0.3, 0.4) is 0 Å². The number of methoxy groups -OCH3 is 1. The third-order valence-corrected chi connectivity index (χ3v) is 5.24. The van der Waals surface area contributed by atoms with Crippen LogP contribution in [0.4, 0.5) is 0 Å². The van der Waals surface area contributed by atoms with Gasteiger partial charge >= 0.3 is 0 Å². The molecule has 1 amide bonds. The molecule has 3 heteroatoms. The number of carbonyl (C=O) groups is 1. The second-order valence-corrected chi connectivity index (χ2v) is 8.26. The van der Waals surface area contributed by atoms with E-state index in [1.165, 1.54) is 6.42 Å². The minimum Gasteiger partial charge on any atom is -0.496 e. The van der Waals surface area contributed by atoms with Crippen LogP contribution in [-0.2, 0) is 4.79 Å². The number of rotatable bonds is 3. The molecule has 23 heavy (non-hydrogen) atoms. The van der Waals surface area contributed by atoms with Gasteiger partial charge in [-0.3, -0.25) is 4.79 Å². The maximum Gasteiger partial charge on any atom is 0.246 e. The average Bonchev–Trinajstić information content (AvgIpc) is 2.74. The topological polar surface area (TPSA) is 29.5 Å². The Balaban J connectivity index is 1.76. The summed E-state index contributed by atoms with van der Waals surface area (Å²) in [7, 11) is 1.65. The second kappa shape index (κ2) is 5.70. The fraction of sp³-hybridized carbons (Fsp3) is 0.550. The van der Waals surface area contributed by atoms with Crippen LogP contribution in [0.1, 0.15) is 45.6 Å². The maximum absolute atomic E-state index is 12.7. The van der Waals surface area contributed by atoms with Gasteiger partial charge in [0.25, 0.3) is 0 Å². The van der Waals surface area contributed by atoms with Gasteiger partial charge in [0.15, 0.2) is 0 Å². The highest BCUT2D eigenvalue weighted by Gasteiger charge is 2.50. The lowest BCUT2D eigenvalue weighted by molar-refractivity contribution is -0.127. The van der Waals surface area contributed by atoms with Crippen molar-refractivity contribution in [3.8, 4) is 5.75 Å². The van der Waals surface area contributed by atoms with E-state index < -0.39 is 0 Å². The van der Waals surface area contributed by atoms with Crippen molar-refractivity contribution in [2.45, 2.75) is 46.1 Å². The van der Waals surface area contributed by atoms with Crippen molar-refractivity contribution in [3.63, 3.8) is 0 Å². The highest BCUT2D eigenvalue weighted by Crippen LogP contribution is 2.52. The highest BCUT2D eigenvalue weighted by molar-refractivity contribution is 5.92. The Morgan fingerprint density at radius 1 is 1.26 bits per heavy atom. The Morgan fingerprint density at radius 2 is 2.00 bits per heavy atom. The van der Waals surface area contributed by atoms with Gasteiger partial charge in [0.2, 0.25) is 5.91 Å². The molecule has 3 nitrogen and oxygen atoms in total. The molecular weight excluding hydrogens is 286 g/mol. The molecule has 1 aliphatic carbocycles. The quantitative estimate of drug-likeness (QED) is 0.785. The van der Waals surface area contributed by atoms with E-state index in [-0.39, 0.29) is 11.3 Å². The van der Waals surface area contributed by atoms with E-state index in [1.807, 2.05) is 30.3 Å². The standard InChI is InChI=1S/C20H27NO2/c1-19(2)11-16-12-20(3,13-19)14-21(16)18(22)10-9-15-7-5-6-8-17(15)23-4/h5-10,16H,11-14H2,1-4H3/b10-9+/t16-,20-/m0/s1. The summed E-state index contributed by atoms with van der Waals surface area (Å²) in [5.41, 5.74) is 1.55. The summed E-state index contributed by atoms with van der Waals surface area (Å²) >= 11 is 0. The van der Waals surface area contributed by atoms with Crippen molar-refractivity contribution < 1.29 is 9.53 Å². The van der Waals surface area contributed by atoms with Crippen LogP contribution < -0.4 is 4.74 Å². The predicted octanol–water partition coefficient (Wildman–Crippen LogP) is 4.14. The lowest BCUT2D eigenvalue weighted by Crippen LogP contribution is -2.36. The maximum atomic E-state index is 12.7. The van der Waals surface area contributed by atoms with Crippen LogP contribution in [0.2, 0.25) is 0 Å². The van der Waals surface area contributed by atoms with Gasteiger partial charge < -0.3 is 9.64 Å². The molecule has 1 aromatic rings. The largest absolute Gasteiger partial charge is 0.496 e. The number of para-hydroxylation sites is 1. The number of carbonyl (C=O) groups excluding carboxylic acids is 1. The fourth-order valence-corrected chi connectivity index (χ4v) is 4.78. The first-order chi connectivity index (χ1) is 10.8. The van der Waals surface area contributed by atoms with Crippen LogP contribution in [0, 0.1) is 10.8 Å². The Labute approximate surface area is 139 Å². The lowest BCUT2D eigenvalue weighted by Gasteiger charge is -2.39. The molecule has 1 saturated carbocycles. The second-order valence-electron chi connectivity index (χ2n) is 8.26. The molecule has 0 N–H and O–H groups in total. The zero-order valence-corrected chi connectivity index (χ0v) is 14.6. The van der Waals surface area contributed by atoms with Gasteiger partial charge in [-0.2, -0.15) is 0 Å². The molecule has 0 radical (unpaired) electrons. The van der Waals surface area contributed by atoms with Crippen LogP contribution in [0.5, 0.6) is 5.75 Å². The van der Waals surface area contributed by atoms with Crippen LogP contribution in [0.15, 0.2) is 30.3 Å². The van der Waals surface area contributed by atoms with E-state index in [0.29, 0.717) is 11.5 Å². The minimum atomic E-state index is 0.127. The lowest BCUT2D eigenvalue weighted by atomic mass is 9.65. The number of hydrogen-bond donors (Lipinski definition) is 0. The van der Waals surface area contributed by atoms with Crippen molar-refractivity contribution in [2.24, 2.45) is 10.8 Å². The van der Waals surface area contributed by atoms with E-state index in [2.05, 4.69) is 25.7 Å². The number of amides is 1. The molecule has 2 bridgehead atoms. The number of ether oxygens (including phenoxy) is 1. The zero-order chi connectivity index (χ0) is 16.7. The number of fused-ring (bicyclic) bond motifs is 2. The monoisotopic (exact) mass is 313 g/mol. The molecule has 1 heterocycles. The summed E-state index contributed by atoms with van der Waals surface area (Å²) in [6.45, 7) is 7.88. The number of nitrogens with zero attached hydrogens (tertiary/aromatic N) is 1. The predicted molar refractivity (Wildman–Crippen MR) is 93.3 cm³/mol.